The fourth-order valence-electron chi connectivity index (χ4n) is 2.89. The minimum absolute atomic E-state index is 0.0158. The van der Waals surface area contributed by atoms with Crippen LogP contribution in [0.15, 0.2) is 18.2 Å². The van der Waals surface area contributed by atoms with E-state index in [1.165, 1.54) is 6.07 Å². The second-order valence-corrected chi connectivity index (χ2v) is 5.36. The highest BCUT2D eigenvalue weighted by atomic mass is 16.4. The first-order chi connectivity index (χ1) is 10.1. The van der Waals surface area contributed by atoms with Crippen LogP contribution >= 0.6 is 0 Å². The molecule has 1 aromatic rings. The molecule has 0 aliphatic carbocycles. The number of aromatic carboxylic acids is 1. The van der Waals surface area contributed by atoms with E-state index >= 15 is 0 Å². The minimum Gasteiger partial charge on any atom is -0.478 e. The summed E-state index contributed by atoms with van der Waals surface area (Å²) in [6.45, 7) is 1.25. The normalized spacial score (nSPS) is 17.2. The van der Waals surface area contributed by atoms with Crippen LogP contribution in [-0.2, 0) is 16.0 Å². The molecule has 1 aromatic carbocycles. The van der Waals surface area contributed by atoms with Gasteiger partial charge in [0.1, 0.15) is 6.54 Å². The molecule has 0 bridgehead atoms. The van der Waals surface area contributed by atoms with Crippen LogP contribution in [-0.4, -0.2) is 47.4 Å². The average molecular weight is 288 g/mol. The number of benzene rings is 1. The molecule has 1 fully saturated rings. The van der Waals surface area contributed by atoms with Crippen LogP contribution in [0, 0.1) is 0 Å². The van der Waals surface area contributed by atoms with E-state index < -0.39 is 5.97 Å². The zero-order valence-corrected chi connectivity index (χ0v) is 11.5. The van der Waals surface area contributed by atoms with Crippen molar-refractivity contribution in [3.05, 3.63) is 29.3 Å². The molecule has 0 spiro atoms. The lowest BCUT2D eigenvalue weighted by molar-refractivity contribution is -0.132. The van der Waals surface area contributed by atoms with Gasteiger partial charge in [0.15, 0.2) is 0 Å². The van der Waals surface area contributed by atoms with Gasteiger partial charge in [0.05, 0.1) is 5.56 Å². The molecule has 0 unspecified atom stereocenters. The molecule has 0 saturated carbocycles. The number of carboxylic acids is 1. The Morgan fingerprint density at radius 2 is 2.00 bits per heavy atom. The Bertz CT molecular complexity index is 626. The topological polar surface area (TPSA) is 77.9 Å². The second-order valence-electron chi connectivity index (χ2n) is 5.36. The predicted octanol–water partition coefficient (Wildman–Crippen LogP) is 0.896. The van der Waals surface area contributed by atoms with E-state index in [4.69, 9.17) is 5.11 Å². The number of likely N-dealkylation sites (tertiary alicyclic amines) is 1. The number of amides is 2. The Morgan fingerprint density at radius 3 is 2.67 bits per heavy atom. The minimum atomic E-state index is -1.01. The van der Waals surface area contributed by atoms with Crippen LogP contribution in [0.25, 0.3) is 0 Å². The maximum absolute atomic E-state index is 12.4. The van der Waals surface area contributed by atoms with Crippen LogP contribution < -0.4 is 4.90 Å². The standard InChI is InChI=1S/C15H16N2O4/c18-13-2-1-6-16(13)9-14(19)17-7-5-10-3-4-11(15(20)21)8-12(10)17/h3-4,8H,1-2,5-7,9H2,(H,20,21). The molecule has 0 radical (unpaired) electrons. The largest absolute Gasteiger partial charge is 0.478 e. The van der Waals surface area contributed by atoms with E-state index in [9.17, 15) is 14.4 Å². The smallest absolute Gasteiger partial charge is 0.335 e. The van der Waals surface area contributed by atoms with E-state index in [2.05, 4.69) is 0 Å². The van der Waals surface area contributed by atoms with Gasteiger partial charge in [0, 0.05) is 25.2 Å². The van der Waals surface area contributed by atoms with E-state index in [1.54, 1.807) is 21.9 Å². The molecule has 0 aromatic heterocycles. The van der Waals surface area contributed by atoms with Crippen molar-refractivity contribution < 1.29 is 19.5 Å². The number of carboxylic acid groups (broad SMARTS) is 1. The third-order valence-corrected chi connectivity index (χ3v) is 4.03. The van der Waals surface area contributed by atoms with E-state index in [-0.39, 0.29) is 23.9 Å². The van der Waals surface area contributed by atoms with Gasteiger partial charge >= 0.3 is 5.97 Å². The third kappa shape index (κ3) is 2.49. The van der Waals surface area contributed by atoms with Crippen molar-refractivity contribution in [2.75, 3.05) is 24.5 Å². The van der Waals surface area contributed by atoms with Gasteiger partial charge in [0.2, 0.25) is 11.8 Å². The van der Waals surface area contributed by atoms with Gasteiger partial charge in [-0.15, -0.1) is 0 Å². The fourth-order valence-corrected chi connectivity index (χ4v) is 2.89. The molecule has 110 valence electrons. The second kappa shape index (κ2) is 5.20. The number of hydrogen-bond acceptors (Lipinski definition) is 3. The molecule has 2 aliphatic rings. The molecule has 2 heterocycles. The van der Waals surface area contributed by atoms with Crippen molar-refractivity contribution in [2.24, 2.45) is 0 Å². The first-order valence-electron chi connectivity index (χ1n) is 7.00. The van der Waals surface area contributed by atoms with Gasteiger partial charge in [-0.3, -0.25) is 9.59 Å². The highest BCUT2D eigenvalue weighted by Gasteiger charge is 2.29. The Hall–Kier alpha value is -2.37. The van der Waals surface area contributed by atoms with Crippen molar-refractivity contribution in [1.29, 1.82) is 0 Å². The van der Waals surface area contributed by atoms with Crippen LogP contribution in [0.1, 0.15) is 28.8 Å². The van der Waals surface area contributed by atoms with E-state index in [0.29, 0.717) is 25.2 Å². The van der Waals surface area contributed by atoms with Gasteiger partial charge in [0.25, 0.3) is 0 Å². The van der Waals surface area contributed by atoms with Crippen molar-refractivity contribution in [3.63, 3.8) is 0 Å². The number of anilines is 1. The fraction of sp³-hybridized carbons (Fsp3) is 0.400. The number of nitrogens with zero attached hydrogens (tertiary/aromatic N) is 2. The molecule has 1 saturated heterocycles. The predicted molar refractivity (Wildman–Crippen MR) is 75.3 cm³/mol. The number of fused-ring (bicyclic) bond motifs is 1. The lowest BCUT2D eigenvalue weighted by atomic mass is 10.1. The molecular weight excluding hydrogens is 272 g/mol. The molecule has 2 amide bonds. The highest BCUT2D eigenvalue weighted by molar-refractivity contribution is 6.00. The van der Waals surface area contributed by atoms with Gasteiger partial charge in [-0.1, -0.05) is 6.07 Å². The maximum atomic E-state index is 12.4. The number of carbonyl (C=O) groups is 3. The molecule has 2 aliphatic heterocycles. The van der Waals surface area contributed by atoms with Crippen LogP contribution in [0.3, 0.4) is 0 Å². The Morgan fingerprint density at radius 1 is 1.19 bits per heavy atom. The third-order valence-electron chi connectivity index (χ3n) is 4.03. The van der Waals surface area contributed by atoms with Crippen molar-refractivity contribution in [2.45, 2.75) is 19.3 Å². The zero-order valence-electron chi connectivity index (χ0n) is 11.5. The molecule has 3 rings (SSSR count). The lowest BCUT2D eigenvalue weighted by Crippen LogP contribution is -2.40. The first kappa shape index (κ1) is 13.6. The highest BCUT2D eigenvalue weighted by Crippen LogP contribution is 2.29. The maximum Gasteiger partial charge on any atom is 0.335 e. The Balaban J connectivity index is 1.79. The van der Waals surface area contributed by atoms with Crippen molar-refractivity contribution in [3.8, 4) is 0 Å². The summed E-state index contributed by atoms with van der Waals surface area (Å²) in [4.78, 5) is 38.2. The summed E-state index contributed by atoms with van der Waals surface area (Å²) < 4.78 is 0. The lowest BCUT2D eigenvalue weighted by Gasteiger charge is -2.22. The summed E-state index contributed by atoms with van der Waals surface area (Å²) in [5.74, 6) is -1.14. The van der Waals surface area contributed by atoms with Crippen molar-refractivity contribution >= 4 is 23.5 Å². The Labute approximate surface area is 122 Å². The zero-order chi connectivity index (χ0) is 15.0. The summed E-state index contributed by atoms with van der Waals surface area (Å²) in [6.07, 6.45) is 2.02. The van der Waals surface area contributed by atoms with Gasteiger partial charge in [-0.25, -0.2) is 4.79 Å². The Kier molecular flexibility index (Phi) is 3.37. The summed E-state index contributed by atoms with van der Waals surface area (Å²) in [6, 6.07) is 4.85. The quantitative estimate of drug-likeness (QED) is 0.896. The number of hydrogen-bond donors (Lipinski definition) is 1. The van der Waals surface area contributed by atoms with Gasteiger partial charge in [-0.2, -0.15) is 0 Å². The summed E-state index contributed by atoms with van der Waals surface area (Å²) >= 11 is 0. The number of rotatable bonds is 3. The molecular formula is C15H16N2O4. The first-order valence-corrected chi connectivity index (χ1v) is 7.00. The molecule has 1 N–H and O–H groups in total. The van der Waals surface area contributed by atoms with Crippen LogP contribution in [0.5, 0.6) is 0 Å². The molecule has 21 heavy (non-hydrogen) atoms. The summed E-state index contributed by atoms with van der Waals surface area (Å²) in [5.41, 5.74) is 1.80. The average Bonchev–Trinajstić information content (AvgIpc) is 3.04. The van der Waals surface area contributed by atoms with Gasteiger partial charge in [-0.05, 0) is 30.5 Å². The molecule has 0 atom stereocenters. The van der Waals surface area contributed by atoms with Crippen LogP contribution in [0.2, 0.25) is 0 Å². The van der Waals surface area contributed by atoms with E-state index in [1.807, 2.05) is 0 Å². The summed E-state index contributed by atoms with van der Waals surface area (Å²) in [5, 5.41) is 9.05. The SMILES string of the molecule is O=C(O)c1ccc2c(c1)N(C(=O)CN1CCCC1=O)CC2. The van der Waals surface area contributed by atoms with Gasteiger partial charge < -0.3 is 14.9 Å². The van der Waals surface area contributed by atoms with Crippen molar-refractivity contribution in [1.82, 2.24) is 4.90 Å². The monoisotopic (exact) mass is 288 g/mol. The number of carbonyl (C=O) groups excluding carboxylic acids is 2. The molecule has 6 nitrogen and oxygen atoms in total. The summed E-state index contributed by atoms with van der Waals surface area (Å²) in [7, 11) is 0. The van der Waals surface area contributed by atoms with Crippen LogP contribution in [0.4, 0.5) is 5.69 Å². The van der Waals surface area contributed by atoms with E-state index in [0.717, 1.165) is 18.4 Å². The molecule has 6 heteroatoms.